The van der Waals surface area contributed by atoms with Crippen molar-refractivity contribution in [3.05, 3.63) is 68.5 Å². The van der Waals surface area contributed by atoms with Crippen molar-refractivity contribution in [2.45, 2.75) is 19.4 Å². The molecule has 0 heterocycles. The van der Waals surface area contributed by atoms with Crippen LogP contribution >= 0.6 is 22.6 Å². The molecule has 100 valence electrons. The summed E-state index contributed by atoms with van der Waals surface area (Å²) in [6.45, 7) is 1.98. The smallest absolute Gasteiger partial charge is 0.123 e. The first-order valence-electron chi connectivity index (χ1n) is 6.07. The van der Waals surface area contributed by atoms with E-state index in [0.29, 0.717) is 6.42 Å². The Labute approximate surface area is 126 Å². The van der Waals surface area contributed by atoms with Crippen LogP contribution in [-0.4, -0.2) is 0 Å². The summed E-state index contributed by atoms with van der Waals surface area (Å²) in [5.41, 5.74) is 6.01. The molecule has 0 aliphatic rings. The number of hydrogen-bond acceptors (Lipinski definition) is 2. The summed E-state index contributed by atoms with van der Waals surface area (Å²) in [7, 11) is 0. The fraction of sp³-hybridized carbons (Fsp3) is 0.200. The minimum atomic E-state index is -0.209. The number of hydrogen-bond donors (Lipinski definition) is 2. The third-order valence-electron chi connectivity index (χ3n) is 3.22. The molecule has 0 fully saturated rings. The zero-order chi connectivity index (χ0) is 13.8. The number of aryl methyl sites for hydroxylation is 1. The van der Waals surface area contributed by atoms with Gasteiger partial charge in [0.05, 0.1) is 6.04 Å². The second kappa shape index (κ2) is 6.45. The first-order valence-corrected chi connectivity index (χ1v) is 7.15. The van der Waals surface area contributed by atoms with E-state index in [9.17, 15) is 4.39 Å². The van der Waals surface area contributed by atoms with Crippen molar-refractivity contribution in [3.8, 4) is 0 Å². The van der Waals surface area contributed by atoms with E-state index < -0.39 is 0 Å². The maximum absolute atomic E-state index is 13.3. The molecule has 0 aliphatic heterocycles. The lowest BCUT2D eigenvalue weighted by Gasteiger charge is -2.19. The van der Waals surface area contributed by atoms with Crippen molar-refractivity contribution in [3.63, 3.8) is 0 Å². The van der Waals surface area contributed by atoms with Gasteiger partial charge < -0.3 is 0 Å². The lowest BCUT2D eigenvalue weighted by molar-refractivity contribution is 0.545. The van der Waals surface area contributed by atoms with E-state index in [1.165, 1.54) is 6.07 Å². The molecule has 2 nitrogen and oxygen atoms in total. The highest BCUT2D eigenvalue weighted by Crippen LogP contribution is 2.24. The summed E-state index contributed by atoms with van der Waals surface area (Å²) in [6.07, 6.45) is 0.667. The quantitative estimate of drug-likeness (QED) is 0.491. The van der Waals surface area contributed by atoms with Gasteiger partial charge in [-0.1, -0.05) is 24.3 Å². The fourth-order valence-corrected chi connectivity index (χ4v) is 2.86. The zero-order valence-electron chi connectivity index (χ0n) is 10.7. The van der Waals surface area contributed by atoms with Crippen LogP contribution in [0.5, 0.6) is 0 Å². The summed E-state index contributed by atoms with van der Waals surface area (Å²) in [5, 5.41) is 0. The van der Waals surface area contributed by atoms with Crippen molar-refractivity contribution in [1.82, 2.24) is 5.43 Å². The molecule has 19 heavy (non-hydrogen) atoms. The summed E-state index contributed by atoms with van der Waals surface area (Å²) < 4.78 is 14.5. The number of benzene rings is 2. The maximum atomic E-state index is 13.3. The Bertz CT molecular complexity index is 572. The van der Waals surface area contributed by atoms with Crippen molar-refractivity contribution >= 4 is 22.6 Å². The standard InChI is InChI=1S/C15H16FIN2/c1-10-6-7-12(16)8-11(10)9-15(19-18)13-4-2-3-5-14(13)17/h2-8,15,19H,9,18H2,1H3. The second-order valence-corrected chi connectivity index (χ2v) is 5.68. The second-order valence-electron chi connectivity index (χ2n) is 4.52. The third-order valence-corrected chi connectivity index (χ3v) is 4.20. The highest BCUT2D eigenvalue weighted by molar-refractivity contribution is 14.1. The molecule has 2 aromatic carbocycles. The lowest BCUT2D eigenvalue weighted by atomic mass is 9.96. The summed E-state index contributed by atoms with van der Waals surface area (Å²) in [4.78, 5) is 0. The van der Waals surface area contributed by atoms with Gasteiger partial charge in [-0.2, -0.15) is 0 Å². The van der Waals surface area contributed by atoms with Gasteiger partial charge in [-0.15, -0.1) is 0 Å². The van der Waals surface area contributed by atoms with Gasteiger partial charge >= 0.3 is 0 Å². The first-order chi connectivity index (χ1) is 9.11. The van der Waals surface area contributed by atoms with Gasteiger partial charge in [-0.25, -0.2) is 4.39 Å². The van der Waals surface area contributed by atoms with Gasteiger partial charge in [-0.3, -0.25) is 11.3 Å². The van der Waals surface area contributed by atoms with Crippen molar-refractivity contribution in [2.75, 3.05) is 0 Å². The summed E-state index contributed by atoms with van der Waals surface area (Å²) >= 11 is 2.29. The van der Waals surface area contributed by atoms with Crippen LogP contribution in [0.3, 0.4) is 0 Å². The van der Waals surface area contributed by atoms with Gasteiger partial charge in [-0.05, 0) is 70.8 Å². The van der Waals surface area contributed by atoms with Crippen LogP contribution in [0, 0.1) is 16.3 Å². The Morgan fingerprint density at radius 2 is 2.00 bits per heavy atom. The van der Waals surface area contributed by atoms with E-state index >= 15 is 0 Å². The molecule has 3 N–H and O–H groups in total. The molecule has 1 atom stereocenters. The Morgan fingerprint density at radius 1 is 1.26 bits per heavy atom. The normalized spacial score (nSPS) is 12.4. The molecule has 0 saturated heterocycles. The van der Waals surface area contributed by atoms with Crippen LogP contribution in [0.4, 0.5) is 4.39 Å². The Hall–Kier alpha value is -0.980. The average molecular weight is 370 g/mol. The van der Waals surface area contributed by atoms with Crippen LogP contribution < -0.4 is 11.3 Å². The van der Waals surface area contributed by atoms with Gasteiger partial charge in [0.1, 0.15) is 5.82 Å². The van der Waals surface area contributed by atoms with Crippen molar-refractivity contribution in [1.29, 1.82) is 0 Å². The fourth-order valence-electron chi connectivity index (χ4n) is 2.10. The predicted molar refractivity (Wildman–Crippen MR) is 84.1 cm³/mol. The molecule has 0 aliphatic carbocycles. The minimum Gasteiger partial charge on any atom is -0.271 e. The molecule has 0 aromatic heterocycles. The van der Waals surface area contributed by atoms with E-state index in [4.69, 9.17) is 5.84 Å². The van der Waals surface area contributed by atoms with E-state index in [2.05, 4.69) is 28.0 Å². The number of nitrogens with one attached hydrogen (secondary N) is 1. The Kier molecular flexibility index (Phi) is 4.90. The van der Waals surface area contributed by atoms with E-state index in [-0.39, 0.29) is 11.9 Å². The Morgan fingerprint density at radius 3 is 2.68 bits per heavy atom. The van der Waals surface area contributed by atoms with Crippen LogP contribution in [0.2, 0.25) is 0 Å². The number of nitrogens with two attached hydrogens (primary N) is 1. The van der Waals surface area contributed by atoms with E-state index in [0.717, 1.165) is 20.3 Å². The lowest BCUT2D eigenvalue weighted by Crippen LogP contribution is -2.30. The highest BCUT2D eigenvalue weighted by atomic mass is 127. The molecule has 0 bridgehead atoms. The molecular weight excluding hydrogens is 354 g/mol. The number of rotatable bonds is 4. The van der Waals surface area contributed by atoms with Crippen molar-refractivity contribution < 1.29 is 4.39 Å². The van der Waals surface area contributed by atoms with E-state index in [1.54, 1.807) is 12.1 Å². The largest absolute Gasteiger partial charge is 0.271 e. The van der Waals surface area contributed by atoms with Gasteiger partial charge in [0, 0.05) is 3.57 Å². The third kappa shape index (κ3) is 3.52. The molecule has 0 saturated carbocycles. The zero-order valence-corrected chi connectivity index (χ0v) is 12.8. The first kappa shape index (κ1) is 14.4. The number of halogens is 2. The van der Waals surface area contributed by atoms with Gasteiger partial charge in [0.2, 0.25) is 0 Å². The highest BCUT2D eigenvalue weighted by Gasteiger charge is 2.14. The van der Waals surface area contributed by atoms with Crippen LogP contribution in [-0.2, 0) is 6.42 Å². The SMILES string of the molecule is Cc1ccc(F)cc1CC(NN)c1ccccc1I. The molecule has 2 rings (SSSR count). The summed E-state index contributed by atoms with van der Waals surface area (Å²) in [6, 6.07) is 12.9. The Balaban J connectivity index is 2.29. The van der Waals surface area contributed by atoms with Gasteiger partial charge in [0.15, 0.2) is 0 Å². The average Bonchev–Trinajstić information content (AvgIpc) is 2.41. The molecule has 2 aromatic rings. The van der Waals surface area contributed by atoms with Crippen molar-refractivity contribution in [2.24, 2.45) is 5.84 Å². The monoisotopic (exact) mass is 370 g/mol. The van der Waals surface area contributed by atoms with Gasteiger partial charge in [0.25, 0.3) is 0 Å². The topological polar surface area (TPSA) is 38.0 Å². The minimum absolute atomic E-state index is 0.0198. The molecule has 1 unspecified atom stereocenters. The van der Waals surface area contributed by atoms with Crippen LogP contribution in [0.1, 0.15) is 22.7 Å². The predicted octanol–water partition coefficient (Wildman–Crippen LogP) is 3.49. The maximum Gasteiger partial charge on any atom is 0.123 e. The molecule has 0 radical (unpaired) electrons. The molecule has 4 heteroatoms. The van der Waals surface area contributed by atoms with Crippen LogP contribution in [0.25, 0.3) is 0 Å². The molecular formula is C15H16FIN2. The summed E-state index contributed by atoms with van der Waals surface area (Å²) in [5.74, 6) is 5.45. The van der Waals surface area contributed by atoms with E-state index in [1.807, 2.05) is 31.2 Å². The van der Waals surface area contributed by atoms with Crippen LogP contribution in [0.15, 0.2) is 42.5 Å². The molecule has 0 amide bonds. The number of hydrazine groups is 1. The molecule has 0 spiro atoms.